The van der Waals surface area contributed by atoms with Gasteiger partial charge >= 0.3 is 0 Å². The molecule has 126 heavy (non-hydrogen) atoms. The number of hydrogen-bond donors (Lipinski definition) is 16. The zero-order chi connectivity index (χ0) is 92.2. The maximum absolute atomic E-state index is 13.8. The fourth-order valence-electron chi connectivity index (χ4n) is 13.3. The van der Waals surface area contributed by atoms with E-state index in [1.807, 2.05) is 0 Å². The molecule has 16 N–H and O–H groups in total. The molecule has 14 heterocycles. The number of nitrogens with one attached hydrogen (secondary N) is 8. The van der Waals surface area contributed by atoms with Crippen LogP contribution in [0.15, 0.2) is 167 Å². The molecule has 47 heteroatoms. The van der Waals surface area contributed by atoms with E-state index in [1.165, 1.54) is 88.0 Å². The molecule has 0 saturated heterocycles. The smallest absolute Gasteiger partial charge is 0.296 e. The first kappa shape index (κ1) is 93.6. The molecule has 0 radical (unpaired) electrons. The normalized spacial score (nSPS) is 17.7. The van der Waals surface area contributed by atoms with Gasteiger partial charge in [0.25, 0.3) is 109 Å². The van der Waals surface area contributed by atoms with Crippen LogP contribution >= 0.6 is 0 Å². The average Bonchev–Trinajstić information content (AvgIpc) is 0.823. The third-order valence-electron chi connectivity index (χ3n) is 20.0. The number of pyridine rings is 8. The summed E-state index contributed by atoms with van der Waals surface area (Å²) in [5.41, 5.74) is -14.3. The van der Waals surface area contributed by atoms with E-state index in [9.17, 15) is 133 Å². The van der Waals surface area contributed by atoms with Crippen LogP contribution in [-0.2, 0) is 0 Å². The van der Waals surface area contributed by atoms with E-state index < -0.39 is 173 Å². The van der Waals surface area contributed by atoms with Gasteiger partial charge in [-0.3, -0.25) is 91.1 Å². The molecule has 8 aromatic rings. The van der Waals surface area contributed by atoms with Crippen LogP contribution in [0.2, 0.25) is 0 Å². The van der Waals surface area contributed by atoms with Crippen molar-refractivity contribution < 1.29 is 94.4 Å². The van der Waals surface area contributed by atoms with Crippen LogP contribution in [0.25, 0.3) is 5.70 Å². The summed E-state index contributed by atoms with van der Waals surface area (Å²) in [6.07, 6.45) is 0.952. The maximum Gasteiger partial charge on any atom is 0.296 e. The molecule has 6 aliphatic rings. The van der Waals surface area contributed by atoms with Crippen LogP contribution in [0.1, 0.15) is 199 Å². The molecular formula is C79H90N20O27. The van der Waals surface area contributed by atoms with Crippen molar-refractivity contribution in [3.63, 3.8) is 0 Å². The van der Waals surface area contributed by atoms with Gasteiger partial charge < -0.3 is 104 Å². The Morgan fingerprint density at radius 1 is 0.317 bits per heavy atom. The standard InChI is InChI=1S/C40H46N10O13.C39H44N10O14/c1-23-9-4-18-45(35(54)28-10-5-21-47(60)37(28)56)19-7-16-41-24(2)30-14-12-26(39(58)49(30)62)32(51)43-25(3)44-33(52)27-13-15-31(50(63)40(27)59)34(53)42-17-8-20-46(23)36(55)29-11-6-22-48(61)38(29)57;1-22-8-5-19-44(38(58)28-9-3-11-30(50)46(28)60)20-6-17-40-32(52)24-13-15-26(48(62)36(24)56)34(54)42-23(2)43-35(55)27-16-14-25(37(57)49(27)63)33(53)41-18-7-21-45(22)39(59)29-10-4-12-31(51)47(29)61/h5-6,10-15,21-23,25,41,60-63H,2,4,7-9,16-20H2,1,3H3,(H,42,53)(H,43,51)(H,44,52);3-4,9-16,22-23,60-63H,5-8,17-21H2,1-2H3,(H,40,52)(H,41,53)(H,42,54)(H,43,55). The van der Waals surface area contributed by atoms with Gasteiger partial charge in [0, 0.05) is 102 Å². The van der Waals surface area contributed by atoms with Gasteiger partial charge in [0.2, 0.25) is 0 Å². The Morgan fingerprint density at radius 3 is 1.07 bits per heavy atom. The quantitative estimate of drug-likeness (QED) is 0.0833. The van der Waals surface area contributed by atoms with Crippen molar-refractivity contribution in [2.24, 2.45) is 0 Å². The Bertz CT molecular complexity index is 6100. The number of carbonyl (C=O) groups excluding carboxylic acids is 11. The highest BCUT2D eigenvalue weighted by molar-refractivity contribution is 6.01. The predicted octanol–water partition coefficient (Wildman–Crippen LogP) is -2.18. The lowest BCUT2D eigenvalue weighted by atomic mass is 10.1. The van der Waals surface area contributed by atoms with E-state index in [-0.39, 0.29) is 189 Å². The van der Waals surface area contributed by atoms with Gasteiger partial charge in [-0.15, -0.1) is 28.4 Å². The highest BCUT2D eigenvalue weighted by Gasteiger charge is 2.32. The second-order valence-electron chi connectivity index (χ2n) is 28.8. The Kier molecular flexibility index (Phi) is 31.0. The van der Waals surface area contributed by atoms with Gasteiger partial charge in [0.05, 0.1) is 18.0 Å². The molecule has 47 nitrogen and oxygen atoms in total. The molecule has 11 amide bonds. The van der Waals surface area contributed by atoms with E-state index in [2.05, 4.69) is 49.1 Å². The van der Waals surface area contributed by atoms with Crippen LogP contribution in [0.4, 0.5) is 0 Å². The molecule has 0 saturated carbocycles. The fraction of sp³-hybridized carbons (Fsp3) is 0.329. The topological polar surface area (TPSA) is 635 Å². The summed E-state index contributed by atoms with van der Waals surface area (Å²) in [7, 11) is 0. The molecular weight excluding hydrogens is 1660 g/mol. The molecule has 0 aliphatic carbocycles. The Hall–Kier alpha value is -16.3. The number of aromatic nitrogens is 8. The van der Waals surface area contributed by atoms with E-state index in [0.29, 0.717) is 0 Å². The monoisotopic (exact) mass is 1750 g/mol. The molecule has 0 fully saturated rings. The summed E-state index contributed by atoms with van der Waals surface area (Å²) in [5, 5.41) is 103. The Balaban J connectivity index is 0.000000285. The lowest BCUT2D eigenvalue weighted by Crippen LogP contribution is -2.48. The van der Waals surface area contributed by atoms with Crippen LogP contribution in [0, 0.1) is 0 Å². The fourth-order valence-corrected chi connectivity index (χ4v) is 13.3. The molecule has 0 aromatic carbocycles. The van der Waals surface area contributed by atoms with Gasteiger partial charge in [-0.1, -0.05) is 18.7 Å². The molecule has 4 unspecified atom stereocenters. The molecule has 14 rings (SSSR count). The summed E-state index contributed by atoms with van der Waals surface area (Å²) in [4.78, 5) is 253. The Labute approximate surface area is 709 Å². The third-order valence-corrected chi connectivity index (χ3v) is 20.0. The lowest BCUT2D eigenvalue weighted by Gasteiger charge is -2.31. The molecule has 4 atom stereocenters. The van der Waals surface area contributed by atoms with Crippen molar-refractivity contribution in [2.75, 3.05) is 65.4 Å². The summed E-state index contributed by atoms with van der Waals surface area (Å²) in [6.45, 7) is 9.37. The molecule has 668 valence electrons. The van der Waals surface area contributed by atoms with E-state index in [4.69, 9.17) is 0 Å². The van der Waals surface area contributed by atoms with Crippen molar-refractivity contribution in [3.8, 4) is 0 Å². The van der Waals surface area contributed by atoms with Crippen LogP contribution in [0.3, 0.4) is 0 Å². The third kappa shape index (κ3) is 22.1. The minimum atomic E-state index is -1.29. The van der Waals surface area contributed by atoms with Crippen LogP contribution in [0.5, 0.6) is 0 Å². The number of nitrogens with zero attached hydrogens (tertiary/aromatic N) is 12. The van der Waals surface area contributed by atoms with Gasteiger partial charge in [0.1, 0.15) is 67.5 Å². The number of amides is 11. The maximum atomic E-state index is 13.8. The highest BCUT2D eigenvalue weighted by atomic mass is 16.5. The first-order valence-electron chi connectivity index (χ1n) is 39.0. The minimum Gasteiger partial charge on any atom is -0.425 e. The molecule has 6 aliphatic heterocycles. The predicted molar refractivity (Wildman–Crippen MR) is 436 cm³/mol. The van der Waals surface area contributed by atoms with Crippen molar-refractivity contribution in [3.05, 3.63) is 279 Å². The van der Waals surface area contributed by atoms with Gasteiger partial charge in [-0.05, 0) is 164 Å². The van der Waals surface area contributed by atoms with Crippen molar-refractivity contribution in [1.29, 1.82) is 0 Å². The van der Waals surface area contributed by atoms with Crippen LogP contribution < -0.4 is 87.0 Å². The minimum absolute atomic E-state index is 0.0198. The van der Waals surface area contributed by atoms with Crippen molar-refractivity contribution >= 4 is 70.7 Å². The number of rotatable bonds is 4. The number of fused-ring (bicyclic) bond motifs is 4. The summed E-state index contributed by atoms with van der Waals surface area (Å²) in [6, 6.07) is 19.1. The largest absolute Gasteiger partial charge is 0.425 e. The highest BCUT2D eigenvalue weighted by Crippen LogP contribution is 2.19. The first-order valence-corrected chi connectivity index (χ1v) is 39.0. The van der Waals surface area contributed by atoms with E-state index in [0.717, 1.165) is 67.0 Å². The molecule has 8 bridgehead atoms. The van der Waals surface area contributed by atoms with Gasteiger partial charge in [-0.2, -0.15) is 9.46 Å². The summed E-state index contributed by atoms with van der Waals surface area (Å²) >= 11 is 0. The summed E-state index contributed by atoms with van der Waals surface area (Å²) < 4.78 is 0.849. The zero-order valence-electron chi connectivity index (χ0n) is 68.0. The van der Waals surface area contributed by atoms with Crippen molar-refractivity contribution in [1.82, 2.24) is 100.0 Å². The molecule has 0 spiro atoms. The number of hydrogen-bond acceptors (Lipinski definition) is 28. The zero-order valence-corrected chi connectivity index (χ0v) is 68.0. The SMILES string of the molecule is C=C1NCCCN(C(=O)c2cccn(O)c2=O)CCCC(C)N(C(=O)c2cccn(O)c2=O)CCCNC(=O)c2ccc(c(=O)n2O)C(=O)NC(C)NC(=O)c2ccc1n(O)c2=O.CC1NC(=O)c2ccc(c(=O)n2O)C(=O)NCCCN(C(=O)c2cccc(=O)n2O)CCCC(C)N(C(=O)c2cccc(=O)n2O)CCCNC(=O)c2ccc(n(O)c2=O)C(=O)N1. The lowest BCUT2D eigenvalue weighted by molar-refractivity contribution is 0.0600. The first-order chi connectivity index (χ1) is 59.8. The Morgan fingerprint density at radius 2 is 0.643 bits per heavy atom. The van der Waals surface area contributed by atoms with E-state index in [1.54, 1.807) is 13.8 Å². The average molecular weight is 1750 g/mol. The molecule has 8 aromatic heterocycles. The van der Waals surface area contributed by atoms with Gasteiger partial charge in [0.15, 0.2) is 0 Å². The van der Waals surface area contributed by atoms with Gasteiger partial charge in [-0.25, -0.2) is 0 Å². The summed E-state index contributed by atoms with van der Waals surface area (Å²) in [5.74, 6) is -10.1. The van der Waals surface area contributed by atoms with Crippen LogP contribution in [-0.4, -0.2) is 254 Å². The second-order valence-corrected chi connectivity index (χ2v) is 28.8. The second kappa shape index (κ2) is 41.8. The number of carbonyl (C=O) groups is 11. The van der Waals surface area contributed by atoms with Crippen molar-refractivity contribution in [2.45, 2.75) is 103 Å². The van der Waals surface area contributed by atoms with E-state index >= 15 is 0 Å².